The number of methoxy groups -OCH3 is 1. The molecule has 0 fully saturated rings. The van der Waals surface area contributed by atoms with Crippen LogP contribution in [0.3, 0.4) is 0 Å². The van der Waals surface area contributed by atoms with Crippen LogP contribution in [0.2, 0.25) is 0 Å². The first-order chi connectivity index (χ1) is 11.7. The molecule has 8 nitrogen and oxygen atoms in total. The van der Waals surface area contributed by atoms with E-state index in [1.807, 2.05) is 31.3 Å². The molecule has 0 radical (unpaired) electrons. The third kappa shape index (κ3) is 2.28. The highest BCUT2D eigenvalue weighted by molar-refractivity contribution is 5.82. The van der Waals surface area contributed by atoms with Gasteiger partial charge in [-0.2, -0.15) is 0 Å². The van der Waals surface area contributed by atoms with Gasteiger partial charge in [0.2, 0.25) is 5.95 Å². The van der Waals surface area contributed by atoms with E-state index in [9.17, 15) is 0 Å². The van der Waals surface area contributed by atoms with E-state index in [0.717, 1.165) is 33.8 Å². The molecule has 0 unspecified atom stereocenters. The van der Waals surface area contributed by atoms with Crippen LogP contribution in [0, 0.1) is 6.92 Å². The number of nitrogens with zero attached hydrogens (tertiary/aromatic N) is 6. The predicted molar refractivity (Wildman–Crippen MR) is 90.5 cm³/mol. The summed E-state index contributed by atoms with van der Waals surface area (Å²) < 4.78 is 8.95. The number of aryl methyl sites for hydroxylation is 1. The number of pyridine rings is 1. The van der Waals surface area contributed by atoms with Crippen molar-refractivity contribution in [1.82, 2.24) is 29.1 Å². The van der Waals surface area contributed by atoms with Crippen molar-refractivity contribution in [2.75, 3.05) is 19.5 Å². The van der Waals surface area contributed by atoms with E-state index in [-0.39, 0.29) is 5.95 Å². The first-order valence-corrected chi connectivity index (χ1v) is 7.60. The molecule has 122 valence electrons. The van der Waals surface area contributed by atoms with Crippen molar-refractivity contribution in [2.45, 2.75) is 13.5 Å². The Morgan fingerprint density at radius 2 is 2.08 bits per heavy atom. The minimum absolute atomic E-state index is 0.237. The van der Waals surface area contributed by atoms with Crippen LogP contribution < -0.4 is 5.73 Å². The van der Waals surface area contributed by atoms with E-state index in [1.54, 1.807) is 17.8 Å². The van der Waals surface area contributed by atoms with Crippen LogP contribution in [0.5, 0.6) is 0 Å². The summed E-state index contributed by atoms with van der Waals surface area (Å²) in [5.41, 5.74) is 10.0. The maximum atomic E-state index is 5.63. The number of anilines is 1. The fourth-order valence-corrected chi connectivity index (χ4v) is 2.85. The molecule has 0 bridgehead atoms. The lowest BCUT2D eigenvalue weighted by molar-refractivity contribution is 0.187. The molecule has 4 aromatic rings. The van der Waals surface area contributed by atoms with Gasteiger partial charge < -0.3 is 15.0 Å². The van der Waals surface area contributed by atoms with Gasteiger partial charge in [0.1, 0.15) is 11.3 Å². The summed E-state index contributed by atoms with van der Waals surface area (Å²) >= 11 is 0. The van der Waals surface area contributed by atoms with Gasteiger partial charge in [0.25, 0.3) is 0 Å². The van der Waals surface area contributed by atoms with Crippen molar-refractivity contribution in [2.24, 2.45) is 0 Å². The summed E-state index contributed by atoms with van der Waals surface area (Å²) in [4.78, 5) is 13.4. The number of fused-ring (bicyclic) bond motifs is 2. The summed E-state index contributed by atoms with van der Waals surface area (Å²) in [5.74, 6) is 1.16. The van der Waals surface area contributed by atoms with Gasteiger partial charge in [-0.25, -0.2) is 19.5 Å². The topological polar surface area (TPSA) is 96.2 Å². The Balaban J connectivity index is 1.87. The fourth-order valence-electron chi connectivity index (χ4n) is 2.85. The maximum Gasteiger partial charge on any atom is 0.238 e. The van der Waals surface area contributed by atoms with E-state index in [1.165, 1.54) is 0 Å². The second kappa shape index (κ2) is 5.57. The van der Waals surface area contributed by atoms with Crippen LogP contribution in [0.4, 0.5) is 5.95 Å². The highest BCUT2D eigenvalue weighted by Gasteiger charge is 2.13. The molecule has 4 rings (SSSR count). The third-order valence-electron chi connectivity index (χ3n) is 4.01. The van der Waals surface area contributed by atoms with Gasteiger partial charge in [0.05, 0.1) is 24.0 Å². The van der Waals surface area contributed by atoms with Crippen molar-refractivity contribution in [3.05, 3.63) is 36.4 Å². The van der Waals surface area contributed by atoms with Gasteiger partial charge in [0, 0.05) is 25.4 Å². The monoisotopic (exact) mass is 323 g/mol. The van der Waals surface area contributed by atoms with Crippen molar-refractivity contribution in [3.63, 3.8) is 0 Å². The minimum Gasteiger partial charge on any atom is -0.383 e. The number of nitrogen functional groups attached to an aromatic ring is 1. The van der Waals surface area contributed by atoms with Crippen molar-refractivity contribution >= 4 is 22.6 Å². The smallest absolute Gasteiger partial charge is 0.238 e. The molecule has 0 saturated heterocycles. The molecule has 0 aliphatic rings. The number of imidazole rings is 1. The summed E-state index contributed by atoms with van der Waals surface area (Å²) in [6.45, 7) is 3.30. The van der Waals surface area contributed by atoms with Crippen LogP contribution >= 0.6 is 0 Å². The summed E-state index contributed by atoms with van der Waals surface area (Å²) in [6.07, 6.45) is 3.55. The molecule has 8 heteroatoms. The van der Waals surface area contributed by atoms with Gasteiger partial charge in [-0.05, 0) is 25.1 Å². The molecule has 0 saturated carbocycles. The van der Waals surface area contributed by atoms with Crippen LogP contribution in [0.1, 0.15) is 5.82 Å². The first kappa shape index (κ1) is 14.6. The minimum atomic E-state index is 0.237. The Kier molecular flexibility index (Phi) is 3.39. The highest BCUT2D eigenvalue weighted by atomic mass is 16.5. The Morgan fingerprint density at radius 1 is 1.21 bits per heavy atom. The molecule has 4 aromatic heterocycles. The van der Waals surface area contributed by atoms with Crippen LogP contribution in [-0.4, -0.2) is 42.8 Å². The molecular formula is C16H17N7O. The second-order valence-electron chi connectivity index (χ2n) is 5.52. The van der Waals surface area contributed by atoms with E-state index in [4.69, 9.17) is 15.5 Å². The molecule has 4 heterocycles. The molecule has 0 aliphatic heterocycles. The van der Waals surface area contributed by atoms with Crippen LogP contribution in [0.25, 0.3) is 27.9 Å². The van der Waals surface area contributed by atoms with Crippen LogP contribution in [-0.2, 0) is 11.3 Å². The lowest BCUT2D eigenvalue weighted by Crippen LogP contribution is -2.06. The standard InChI is InChI=1S/C16H17N7O/c1-10-19-13-4-3-12(20-15(13)22(10)7-8-24-2)11-5-6-23-14(11)9-18-16(17)21-23/h3-6,9H,7-8H2,1-2H3,(H2,17,21). The van der Waals surface area contributed by atoms with Crippen molar-refractivity contribution < 1.29 is 4.74 Å². The number of hydrogen-bond acceptors (Lipinski definition) is 6. The molecule has 0 spiro atoms. The van der Waals surface area contributed by atoms with Gasteiger partial charge in [-0.15, -0.1) is 5.10 Å². The fraction of sp³-hybridized carbons (Fsp3) is 0.250. The average Bonchev–Trinajstić information content (AvgIpc) is 3.12. The number of rotatable bonds is 4. The second-order valence-corrected chi connectivity index (χ2v) is 5.52. The highest BCUT2D eigenvalue weighted by Crippen LogP contribution is 2.26. The quantitative estimate of drug-likeness (QED) is 0.614. The zero-order chi connectivity index (χ0) is 16.7. The summed E-state index contributed by atoms with van der Waals surface area (Å²) in [5, 5.41) is 4.17. The molecule has 0 aromatic carbocycles. The van der Waals surface area contributed by atoms with Crippen molar-refractivity contribution in [3.8, 4) is 11.3 Å². The molecule has 2 N–H and O–H groups in total. The predicted octanol–water partition coefficient (Wildman–Crippen LogP) is 1.68. The largest absolute Gasteiger partial charge is 0.383 e. The summed E-state index contributed by atoms with van der Waals surface area (Å²) in [7, 11) is 1.69. The Morgan fingerprint density at radius 3 is 2.92 bits per heavy atom. The Bertz CT molecular complexity index is 1030. The summed E-state index contributed by atoms with van der Waals surface area (Å²) in [6, 6.07) is 5.90. The van der Waals surface area contributed by atoms with Gasteiger partial charge >= 0.3 is 0 Å². The molecule has 0 atom stereocenters. The number of aromatic nitrogens is 6. The number of nitrogens with two attached hydrogens (primary N) is 1. The SMILES string of the molecule is COCCn1c(C)nc2ccc(-c3ccn4nc(N)ncc34)nc21. The lowest BCUT2D eigenvalue weighted by Gasteiger charge is -2.06. The maximum absolute atomic E-state index is 5.63. The Hall–Kier alpha value is -3.00. The van der Waals surface area contributed by atoms with E-state index in [2.05, 4.69) is 19.6 Å². The third-order valence-corrected chi connectivity index (χ3v) is 4.01. The van der Waals surface area contributed by atoms with E-state index < -0.39 is 0 Å². The van der Waals surface area contributed by atoms with Gasteiger partial charge in [0.15, 0.2) is 5.65 Å². The number of ether oxygens (including phenoxy) is 1. The zero-order valence-electron chi connectivity index (χ0n) is 13.5. The molecule has 0 aliphatic carbocycles. The molecular weight excluding hydrogens is 306 g/mol. The molecule has 24 heavy (non-hydrogen) atoms. The normalized spacial score (nSPS) is 11.6. The van der Waals surface area contributed by atoms with E-state index >= 15 is 0 Å². The number of hydrogen-bond donors (Lipinski definition) is 1. The molecule has 0 amide bonds. The van der Waals surface area contributed by atoms with Gasteiger partial charge in [-0.3, -0.25) is 0 Å². The van der Waals surface area contributed by atoms with Crippen molar-refractivity contribution in [1.29, 1.82) is 0 Å². The van der Waals surface area contributed by atoms with E-state index in [0.29, 0.717) is 13.2 Å². The average molecular weight is 323 g/mol. The Labute approximate surface area is 137 Å². The zero-order valence-corrected chi connectivity index (χ0v) is 13.5. The van der Waals surface area contributed by atoms with Gasteiger partial charge in [-0.1, -0.05) is 0 Å². The van der Waals surface area contributed by atoms with Crippen LogP contribution in [0.15, 0.2) is 30.6 Å². The lowest BCUT2D eigenvalue weighted by atomic mass is 10.2. The first-order valence-electron chi connectivity index (χ1n) is 7.60.